The molecule has 0 amide bonds. The van der Waals surface area contributed by atoms with E-state index in [-0.39, 0.29) is 35.1 Å². The monoisotopic (exact) mass is 902 g/mol. The van der Waals surface area contributed by atoms with Crippen LogP contribution in [-0.2, 0) is 24.7 Å². The number of halogens is 13. The third-order valence-electron chi connectivity index (χ3n) is 9.07. The summed E-state index contributed by atoms with van der Waals surface area (Å²) in [5.41, 5.74) is -7.30. The van der Waals surface area contributed by atoms with Crippen molar-refractivity contribution in [3.63, 3.8) is 0 Å². The number of anilines is 2. The van der Waals surface area contributed by atoms with Crippen LogP contribution in [0.3, 0.4) is 0 Å². The largest absolute Gasteiger partial charge is 0.489 e. The molecule has 2 fully saturated rings. The Balaban J connectivity index is 0.000000206. The molecular weight excluding hydrogens is 867 g/mol. The number of aromatic nitrogens is 4. The van der Waals surface area contributed by atoms with Crippen LogP contribution in [-0.4, -0.2) is 49.2 Å². The number of nitrogens with zero attached hydrogens (tertiary/aromatic N) is 4. The molecule has 8 nitrogen and oxygen atoms in total. The van der Waals surface area contributed by atoms with E-state index in [0.29, 0.717) is 30.1 Å². The number of rotatable bonds is 6. The van der Waals surface area contributed by atoms with Gasteiger partial charge in [-0.2, -0.15) is 52.7 Å². The summed E-state index contributed by atoms with van der Waals surface area (Å²) in [5, 5.41) is 23.9. The van der Waals surface area contributed by atoms with E-state index < -0.39 is 59.5 Å². The molecule has 2 aromatic carbocycles. The van der Waals surface area contributed by atoms with Crippen LogP contribution in [0.5, 0.6) is 0 Å². The lowest BCUT2D eigenvalue weighted by Gasteiger charge is -2.20. The molecule has 0 atom stereocenters. The molecule has 0 spiro atoms. The lowest BCUT2D eigenvalue weighted by atomic mass is 9.76. The minimum absolute atomic E-state index is 0.0357. The Morgan fingerprint density at radius 2 is 1.02 bits per heavy atom. The number of benzene rings is 2. The highest BCUT2D eigenvalue weighted by atomic mass is 79.9. The van der Waals surface area contributed by atoms with E-state index in [4.69, 9.17) is 10.0 Å². The van der Waals surface area contributed by atoms with Crippen molar-refractivity contribution >= 4 is 40.1 Å². The lowest BCUT2D eigenvalue weighted by molar-refractivity contribution is -0.144. The van der Waals surface area contributed by atoms with Gasteiger partial charge in [0.05, 0.1) is 26.7 Å². The van der Waals surface area contributed by atoms with Crippen molar-refractivity contribution < 1.29 is 62.7 Å². The fraction of sp³-hybridized carbons (Fsp3) is 0.444. The molecule has 2 aromatic heterocycles. The lowest BCUT2D eigenvalue weighted by Crippen LogP contribution is -2.36. The predicted molar refractivity (Wildman–Crippen MR) is 195 cm³/mol. The minimum Gasteiger partial charge on any atom is -0.423 e. The third kappa shape index (κ3) is 12.9. The van der Waals surface area contributed by atoms with Crippen molar-refractivity contribution in [1.29, 1.82) is 0 Å². The van der Waals surface area contributed by atoms with Crippen molar-refractivity contribution in [2.75, 3.05) is 10.6 Å². The van der Waals surface area contributed by atoms with Crippen LogP contribution < -0.4 is 16.1 Å². The zero-order valence-electron chi connectivity index (χ0n) is 30.6. The molecule has 22 heteroatoms. The highest BCUT2D eigenvalue weighted by Gasteiger charge is 2.41. The molecular formula is C36H36BBrF12N6O2. The van der Waals surface area contributed by atoms with Crippen molar-refractivity contribution in [3.05, 3.63) is 87.2 Å². The van der Waals surface area contributed by atoms with E-state index in [1.54, 1.807) is 13.1 Å². The summed E-state index contributed by atoms with van der Waals surface area (Å²) in [4.78, 5) is 16.6. The Morgan fingerprint density at radius 1 is 0.586 bits per heavy atom. The first-order valence-corrected chi connectivity index (χ1v) is 18.4. The van der Waals surface area contributed by atoms with Crippen LogP contribution >= 0.6 is 15.9 Å². The smallest absolute Gasteiger partial charge is 0.423 e. The van der Waals surface area contributed by atoms with Crippen LogP contribution in [0.15, 0.2) is 53.3 Å². The second-order valence-corrected chi connectivity index (χ2v) is 14.3. The number of alkyl halides is 12. The second-order valence-electron chi connectivity index (χ2n) is 13.5. The molecule has 0 unspecified atom stereocenters. The Labute approximate surface area is 333 Å². The van der Waals surface area contributed by atoms with Gasteiger partial charge in [-0.1, -0.05) is 43.9 Å². The third-order valence-corrected chi connectivity index (χ3v) is 9.65. The minimum atomic E-state index is -5.10. The van der Waals surface area contributed by atoms with Crippen LogP contribution in [0.4, 0.5) is 64.3 Å². The van der Waals surface area contributed by atoms with Crippen LogP contribution in [0.2, 0.25) is 0 Å². The van der Waals surface area contributed by atoms with Gasteiger partial charge in [0.25, 0.3) is 0 Å². The van der Waals surface area contributed by atoms with Gasteiger partial charge in [0.2, 0.25) is 0 Å². The second kappa shape index (κ2) is 18.8. The van der Waals surface area contributed by atoms with Crippen molar-refractivity contribution in [3.8, 4) is 11.1 Å². The Hall–Kier alpha value is -4.18. The molecule has 6 rings (SSSR count). The van der Waals surface area contributed by atoms with E-state index >= 15 is 0 Å². The van der Waals surface area contributed by atoms with Gasteiger partial charge in [0, 0.05) is 30.0 Å². The van der Waals surface area contributed by atoms with Crippen LogP contribution in [0.1, 0.15) is 85.3 Å². The first-order valence-electron chi connectivity index (χ1n) is 17.6. The van der Waals surface area contributed by atoms with Gasteiger partial charge < -0.3 is 20.7 Å². The number of hydrogen-bond acceptors (Lipinski definition) is 8. The average molecular weight is 903 g/mol. The zero-order chi connectivity index (χ0) is 43.2. The fourth-order valence-electron chi connectivity index (χ4n) is 6.25. The summed E-state index contributed by atoms with van der Waals surface area (Å²) in [6.07, 6.45) is -7.90. The molecule has 0 bridgehead atoms. The average Bonchev–Trinajstić information content (AvgIpc) is 3.83. The summed E-state index contributed by atoms with van der Waals surface area (Å²) < 4.78 is 154. The maximum Gasteiger partial charge on any atom is 0.489 e. The van der Waals surface area contributed by atoms with Gasteiger partial charge in [0.15, 0.2) is 0 Å². The van der Waals surface area contributed by atoms with Gasteiger partial charge in [0.1, 0.15) is 23.3 Å². The molecule has 0 radical (unpaired) electrons. The summed E-state index contributed by atoms with van der Waals surface area (Å²) in [6, 6.07) is 2.86. The van der Waals surface area contributed by atoms with Gasteiger partial charge >= 0.3 is 31.8 Å². The van der Waals surface area contributed by atoms with Crippen molar-refractivity contribution in [1.82, 2.24) is 19.9 Å². The molecule has 316 valence electrons. The molecule has 0 saturated heterocycles. The fourth-order valence-corrected chi connectivity index (χ4v) is 6.56. The van der Waals surface area contributed by atoms with Crippen molar-refractivity contribution in [2.45, 2.75) is 102 Å². The van der Waals surface area contributed by atoms with E-state index in [0.717, 1.165) is 47.9 Å². The van der Waals surface area contributed by atoms with E-state index in [2.05, 4.69) is 46.5 Å². The maximum absolute atomic E-state index is 13.5. The van der Waals surface area contributed by atoms with E-state index in [1.807, 2.05) is 6.92 Å². The zero-order valence-corrected chi connectivity index (χ0v) is 32.2. The van der Waals surface area contributed by atoms with Gasteiger partial charge in [-0.15, -0.1) is 0 Å². The topological polar surface area (TPSA) is 116 Å². The highest BCUT2D eigenvalue weighted by Crippen LogP contribution is 2.43. The number of aryl methyl sites for hydroxylation is 2. The van der Waals surface area contributed by atoms with Gasteiger partial charge in [-0.25, -0.2) is 19.9 Å². The molecule has 0 aliphatic heterocycles. The predicted octanol–water partition coefficient (Wildman–Crippen LogP) is 10.2. The van der Waals surface area contributed by atoms with E-state index in [1.165, 1.54) is 31.9 Å². The number of hydrogen-bond donors (Lipinski definition) is 4. The molecule has 4 N–H and O–H groups in total. The van der Waals surface area contributed by atoms with Crippen LogP contribution in [0, 0.1) is 13.8 Å². The van der Waals surface area contributed by atoms with Crippen LogP contribution in [0.25, 0.3) is 11.1 Å². The normalized spacial score (nSPS) is 15.3. The molecule has 58 heavy (non-hydrogen) atoms. The maximum atomic E-state index is 13.5. The molecule has 2 saturated carbocycles. The van der Waals surface area contributed by atoms with Crippen molar-refractivity contribution in [2.24, 2.45) is 0 Å². The summed E-state index contributed by atoms with van der Waals surface area (Å²) in [6.45, 7) is 3.51. The molecule has 4 aromatic rings. The summed E-state index contributed by atoms with van der Waals surface area (Å²) >= 11 is 3.45. The quantitative estimate of drug-likeness (QED) is 0.112. The SMILES string of the molecule is Cc1ncc(-c2ccc(C(F)(F)F)cc2C(F)(F)F)c(NC2CCCC2)n1.Cc1ncc(Br)c(NC2CCCC2)n1.OB(O)c1ccc(C(F)(F)F)cc1C(F)(F)F. The number of nitrogens with one attached hydrogen (secondary N) is 2. The molecule has 2 aliphatic rings. The highest BCUT2D eigenvalue weighted by molar-refractivity contribution is 9.10. The Morgan fingerprint density at radius 3 is 1.48 bits per heavy atom. The molecule has 2 heterocycles. The standard InChI is InChI=1S/C18H17F6N3.C10H14BrN3.C8H5BF6O2/c1-10-25-9-14(16(26-10)27-12-4-2-3-5-12)13-7-6-11(17(19,20)21)8-15(13)18(22,23)24;1-7-12-6-9(11)10(13-7)14-8-4-2-3-5-8;10-7(11,12)4-1-2-6(9(16)17)5(3-4)8(13,14)15/h6-9,12H,2-5H2,1H3,(H,25,26,27);6,8H,2-5H2,1H3,(H,12,13,14);1-3,16-17H. The Kier molecular flexibility index (Phi) is 15.1. The van der Waals surface area contributed by atoms with E-state index in [9.17, 15) is 52.7 Å². The van der Waals surface area contributed by atoms with Gasteiger partial charge in [-0.3, -0.25) is 0 Å². The van der Waals surface area contributed by atoms with Gasteiger partial charge in [-0.05, 0) is 84.7 Å². The summed E-state index contributed by atoms with van der Waals surface area (Å²) in [7, 11) is -2.49. The Bertz CT molecular complexity index is 2000. The first kappa shape index (κ1) is 46.5. The molecule has 2 aliphatic carbocycles. The summed E-state index contributed by atoms with van der Waals surface area (Å²) in [5.74, 6) is 2.32. The first-order chi connectivity index (χ1) is 26.8.